The summed E-state index contributed by atoms with van der Waals surface area (Å²) < 4.78 is 1.16. The molecule has 0 saturated heterocycles. The molecule has 0 aromatic heterocycles. The molecule has 1 amide bonds. The molecular formula is C18H20INO. The second kappa shape index (κ2) is 7.59. The van der Waals surface area contributed by atoms with Gasteiger partial charge in [-0.05, 0) is 59.2 Å². The molecule has 0 fully saturated rings. The Labute approximate surface area is 140 Å². The van der Waals surface area contributed by atoms with E-state index >= 15 is 0 Å². The molecule has 2 aromatic rings. The fourth-order valence-corrected chi connectivity index (χ4v) is 2.84. The molecule has 1 N–H and O–H groups in total. The normalized spacial score (nSPS) is 12.0. The molecule has 2 nitrogen and oxygen atoms in total. The van der Waals surface area contributed by atoms with Crippen LogP contribution in [-0.4, -0.2) is 5.91 Å². The highest BCUT2D eigenvalue weighted by atomic mass is 127. The van der Waals surface area contributed by atoms with E-state index in [0.29, 0.717) is 0 Å². The van der Waals surface area contributed by atoms with E-state index in [2.05, 4.69) is 41.8 Å². The van der Waals surface area contributed by atoms with Crippen molar-refractivity contribution in [1.82, 2.24) is 0 Å². The maximum absolute atomic E-state index is 12.6. The van der Waals surface area contributed by atoms with Crippen LogP contribution in [0.5, 0.6) is 0 Å². The van der Waals surface area contributed by atoms with Crippen molar-refractivity contribution in [1.29, 1.82) is 0 Å². The van der Waals surface area contributed by atoms with Gasteiger partial charge in [0.1, 0.15) is 0 Å². The highest BCUT2D eigenvalue weighted by Gasteiger charge is 2.19. The Morgan fingerprint density at radius 1 is 1.19 bits per heavy atom. The van der Waals surface area contributed by atoms with Crippen LogP contribution in [-0.2, 0) is 4.79 Å². The summed E-state index contributed by atoms with van der Waals surface area (Å²) in [6, 6.07) is 16.0. The zero-order valence-corrected chi connectivity index (χ0v) is 14.6. The summed E-state index contributed by atoms with van der Waals surface area (Å²) >= 11 is 2.29. The van der Waals surface area contributed by atoms with Gasteiger partial charge in [-0.3, -0.25) is 4.79 Å². The Morgan fingerprint density at radius 2 is 1.90 bits per heavy atom. The molecule has 1 atom stereocenters. The highest BCUT2D eigenvalue weighted by molar-refractivity contribution is 14.1. The van der Waals surface area contributed by atoms with Crippen molar-refractivity contribution in [3.05, 3.63) is 63.2 Å². The molecule has 0 spiro atoms. The van der Waals surface area contributed by atoms with Gasteiger partial charge in [-0.15, -0.1) is 0 Å². The predicted octanol–water partition coefficient (Wildman–Crippen LogP) is 5.12. The van der Waals surface area contributed by atoms with E-state index in [0.717, 1.165) is 27.7 Å². The number of amides is 1. The first kappa shape index (κ1) is 16.0. The van der Waals surface area contributed by atoms with Crippen molar-refractivity contribution in [3.63, 3.8) is 0 Å². The molecule has 0 aliphatic heterocycles. The summed E-state index contributed by atoms with van der Waals surface area (Å²) in [5.41, 5.74) is 3.17. The lowest BCUT2D eigenvalue weighted by Gasteiger charge is -2.17. The number of anilines is 1. The van der Waals surface area contributed by atoms with Gasteiger partial charge in [-0.25, -0.2) is 0 Å². The van der Waals surface area contributed by atoms with Crippen molar-refractivity contribution < 1.29 is 4.79 Å². The first-order valence-corrected chi connectivity index (χ1v) is 8.31. The molecule has 0 heterocycles. The second-order valence-electron chi connectivity index (χ2n) is 5.21. The predicted molar refractivity (Wildman–Crippen MR) is 96.6 cm³/mol. The van der Waals surface area contributed by atoms with E-state index in [1.807, 2.05) is 48.5 Å². The number of carbonyl (C=O) groups is 1. The number of rotatable bonds is 5. The molecule has 0 bridgehead atoms. The number of hydrogen-bond acceptors (Lipinski definition) is 1. The largest absolute Gasteiger partial charge is 0.326 e. The second-order valence-corrected chi connectivity index (χ2v) is 6.37. The van der Waals surface area contributed by atoms with Crippen molar-refractivity contribution >= 4 is 34.2 Å². The van der Waals surface area contributed by atoms with Crippen LogP contribution >= 0.6 is 22.6 Å². The third-order valence-electron chi connectivity index (χ3n) is 3.54. The van der Waals surface area contributed by atoms with Crippen LogP contribution in [0.1, 0.15) is 36.8 Å². The Morgan fingerprint density at radius 3 is 2.52 bits per heavy atom. The van der Waals surface area contributed by atoms with Gasteiger partial charge in [0.25, 0.3) is 0 Å². The topological polar surface area (TPSA) is 29.1 Å². The van der Waals surface area contributed by atoms with E-state index in [9.17, 15) is 4.79 Å². The molecule has 0 saturated carbocycles. The van der Waals surface area contributed by atoms with Crippen LogP contribution in [0.4, 0.5) is 5.69 Å². The fourth-order valence-electron chi connectivity index (χ4n) is 2.32. The van der Waals surface area contributed by atoms with Crippen molar-refractivity contribution in [3.8, 4) is 0 Å². The summed E-state index contributed by atoms with van der Waals surface area (Å²) in [5.74, 6) is -0.0159. The van der Waals surface area contributed by atoms with Crippen molar-refractivity contribution in [2.75, 3.05) is 5.32 Å². The molecule has 21 heavy (non-hydrogen) atoms. The maximum Gasteiger partial charge on any atom is 0.231 e. The number of benzene rings is 2. The molecule has 0 unspecified atom stereocenters. The average molecular weight is 393 g/mol. The van der Waals surface area contributed by atoms with E-state index in [4.69, 9.17) is 0 Å². The summed E-state index contributed by atoms with van der Waals surface area (Å²) in [4.78, 5) is 12.6. The first-order valence-electron chi connectivity index (χ1n) is 7.23. The van der Waals surface area contributed by atoms with Crippen LogP contribution in [0.2, 0.25) is 0 Å². The summed E-state index contributed by atoms with van der Waals surface area (Å²) in [5, 5.41) is 3.05. The van der Waals surface area contributed by atoms with Crippen LogP contribution in [0.3, 0.4) is 0 Å². The average Bonchev–Trinajstić information content (AvgIpc) is 2.49. The lowest BCUT2D eigenvalue weighted by atomic mass is 9.93. The zero-order chi connectivity index (χ0) is 15.2. The quantitative estimate of drug-likeness (QED) is 0.702. The van der Waals surface area contributed by atoms with Crippen molar-refractivity contribution in [2.24, 2.45) is 0 Å². The Kier molecular flexibility index (Phi) is 5.79. The number of carbonyl (C=O) groups excluding carboxylic acids is 1. The van der Waals surface area contributed by atoms with Gasteiger partial charge in [0, 0.05) is 9.26 Å². The number of aryl methyl sites for hydroxylation is 1. The monoisotopic (exact) mass is 393 g/mol. The number of hydrogen-bond donors (Lipinski definition) is 1. The molecule has 2 rings (SSSR count). The molecule has 2 aromatic carbocycles. The highest BCUT2D eigenvalue weighted by Crippen LogP contribution is 2.24. The maximum atomic E-state index is 12.6. The Bertz CT molecular complexity index is 610. The minimum Gasteiger partial charge on any atom is -0.326 e. The van der Waals surface area contributed by atoms with Gasteiger partial charge < -0.3 is 5.32 Å². The third-order valence-corrected chi connectivity index (χ3v) is 4.70. The van der Waals surface area contributed by atoms with Gasteiger partial charge in [0.15, 0.2) is 0 Å². The molecule has 0 aliphatic rings. The van der Waals surface area contributed by atoms with E-state index in [1.165, 1.54) is 5.56 Å². The summed E-state index contributed by atoms with van der Waals surface area (Å²) in [7, 11) is 0. The minimum absolute atomic E-state index is 0.0719. The smallest absolute Gasteiger partial charge is 0.231 e. The molecule has 110 valence electrons. The molecular weight excluding hydrogens is 373 g/mol. The van der Waals surface area contributed by atoms with Crippen LogP contribution in [0.15, 0.2) is 48.5 Å². The van der Waals surface area contributed by atoms with Gasteiger partial charge in [0.05, 0.1) is 5.92 Å². The van der Waals surface area contributed by atoms with Gasteiger partial charge >= 0.3 is 0 Å². The van der Waals surface area contributed by atoms with Gasteiger partial charge in [-0.1, -0.05) is 49.7 Å². The van der Waals surface area contributed by atoms with E-state index in [-0.39, 0.29) is 11.8 Å². The third kappa shape index (κ3) is 4.30. The van der Waals surface area contributed by atoms with Gasteiger partial charge in [0.2, 0.25) is 5.91 Å². The molecule has 0 radical (unpaired) electrons. The van der Waals surface area contributed by atoms with Crippen molar-refractivity contribution in [2.45, 2.75) is 32.6 Å². The zero-order valence-electron chi connectivity index (χ0n) is 12.4. The lowest BCUT2D eigenvalue weighted by molar-refractivity contribution is -0.117. The Hall–Kier alpha value is -1.36. The molecule has 3 heteroatoms. The van der Waals surface area contributed by atoms with E-state index < -0.39 is 0 Å². The SMILES string of the molecule is CCC[C@H](C(=O)Nc1ccc(C)c(I)c1)c1ccccc1. The first-order chi connectivity index (χ1) is 10.1. The van der Waals surface area contributed by atoms with Crippen LogP contribution < -0.4 is 5.32 Å². The number of nitrogens with one attached hydrogen (secondary N) is 1. The lowest BCUT2D eigenvalue weighted by Crippen LogP contribution is -2.21. The summed E-state index contributed by atoms with van der Waals surface area (Å²) in [6.07, 6.45) is 1.84. The molecule has 0 aliphatic carbocycles. The Balaban J connectivity index is 2.17. The van der Waals surface area contributed by atoms with Crippen LogP contribution in [0.25, 0.3) is 0 Å². The summed E-state index contributed by atoms with van der Waals surface area (Å²) in [6.45, 7) is 4.18. The van der Waals surface area contributed by atoms with Gasteiger partial charge in [-0.2, -0.15) is 0 Å². The minimum atomic E-state index is -0.0878. The van der Waals surface area contributed by atoms with Crippen LogP contribution in [0, 0.1) is 10.5 Å². The number of halogens is 1. The fraction of sp³-hybridized carbons (Fsp3) is 0.278. The van der Waals surface area contributed by atoms with E-state index in [1.54, 1.807) is 0 Å². The standard InChI is InChI=1S/C18H20INO/c1-3-7-16(14-8-5-4-6-9-14)18(21)20-15-11-10-13(2)17(19)12-15/h4-6,8-12,16H,3,7H2,1-2H3,(H,20,21)/t16-/m0/s1.